The van der Waals surface area contributed by atoms with Crippen molar-refractivity contribution in [2.75, 3.05) is 11.9 Å². The van der Waals surface area contributed by atoms with Gasteiger partial charge in [-0.2, -0.15) is 0 Å². The van der Waals surface area contributed by atoms with Gasteiger partial charge in [0.1, 0.15) is 4.88 Å². The van der Waals surface area contributed by atoms with E-state index in [2.05, 4.69) is 5.32 Å². The van der Waals surface area contributed by atoms with Gasteiger partial charge in [0.2, 0.25) is 0 Å². The van der Waals surface area contributed by atoms with E-state index >= 15 is 0 Å². The quantitative estimate of drug-likeness (QED) is 0.434. The Morgan fingerprint density at radius 3 is 2.54 bits per heavy atom. The molecule has 0 spiro atoms. The van der Waals surface area contributed by atoms with Crippen LogP contribution >= 0.6 is 46.1 Å². The molecule has 1 fully saturated rings. The Labute approximate surface area is 183 Å². The van der Waals surface area contributed by atoms with Crippen LogP contribution in [0.15, 0.2) is 30.3 Å². The zero-order chi connectivity index (χ0) is 20.3. The van der Waals surface area contributed by atoms with Gasteiger partial charge in [0.15, 0.2) is 0 Å². The van der Waals surface area contributed by atoms with E-state index in [-0.39, 0.29) is 17.2 Å². The van der Waals surface area contributed by atoms with Crippen LogP contribution in [0.2, 0.25) is 10.0 Å². The number of aryl methyl sites for hydroxylation is 1. The number of carboxylic acid groups (broad SMARTS) is 1. The fourth-order valence-corrected chi connectivity index (χ4v) is 5.76. The molecule has 1 aliphatic carbocycles. The van der Waals surface area contributed by atoms with Crippen molar-refractivity contribution in [2.45, 2.75) is 37.2 Å². The number of hydrogen-bond acceptors (Lipinski definition) is 4. The number of halogens is 3. The molecule has 4 nitrogen and oxygen atoms in total. The molecule has 3 rings (SSSR count). The molecule has 28 heavy (non-hydrogen) atoms. The van der Waals surface area contributed by atoms with Gasteiger partial charge in [0.05, 0.1) is 6.10 Å². The van der Waals surface area contributed by atoms with Crippen molar-refractivity contribution in [2.24, 2.45) is 11.8 Å². The SMILES string of the molecule is O=C(O)c1ccc(CCC[C@@H]2[C@@H](CNc3cc(Cl)cc(Cl)c3)[C@H](O)C[C@@H]2Cl)s1. The van der Waals surface area contributed by atoms with Crippen molar-refractivity contribution in [1.82, 2.24) is 0 Å². The van der Waals surface area contributed by atoms with Crippen LogP contribution in [0.3, 0.4) is 0 Å². The Balaban J connectivity index is 1.56. The second kappa shape index (κ2) is 9.68. The van der Waals surface area contributed by atoms with Crippen molar-refractivity contribution in [3.05, 3.63) is 50.1 Å². The third-order valence-corrected chi connectivity index (χ3v) is 7.28. The van der Waals surface area contributed by atoms with Crippen LogP contribution in [0.1, 0.15) is 33.8 Å². The van der Waals surface area contributed by atoms with Gasteiger partial charge < -0.3 is 15.5 Å². The maximum absolute atomic E-state index is 11.0. The summed E-state index contributed by atoms with van der Waals surface area (Å²) in [7, 11) is 0. The summed E-state index contributed by atoms with van der Waals surface area (Å²) < 4.78 is 0. The summed E-state index contributed by atoms with van der Waals surface area (Å²) in [5, 5.41) is 23.9. The van der Waals surface area contributed by atoms with Gasteiger partial charge in [-0.3, -0.25) is 0 Å². The van der Waals surface area contributed by atoms with E-state index in [1.807, 2.05) is 6.07 Å². The maximum Gasteiger partial charge on any atom is 0.345 e. The van der Waals surface area contributed by atoms with Crippen molar-refractivity contribution < 1.29 is 15.0 Å². The minimum atomic E-state index is -0.886. The minimum absolute atomic E-state index is 0.0400. The summed E-state index contributed by atoms with van der Waals surface area (Å²) >= 11 is 19.9. The normalized spacial score (nSPS) is 24.4. The van der Waals surface area contributed by atoms with Crippen LogP contribution < -0.4 is 5.32 Å². The summed E-state index contributed by atoms with van der Waals surface area (Å²) in [6, 6.07) is 8.81. The molecule has 1 aromatic carbocycles. The summed E-state index contributed by atoms with van der Waals surface area (Å²) in [5.74, 6) is -0.654. The van der Waals surface area contributed by atoms with Crippen molar-refractivity contribution in [1.29, 1.82) is 0 Å². The highest BCUT2D eigenvalue weighted by atomic mass is 35.5. The van der Waals surface area contributed by atoms with Gasteiger partial charge in [0.25, 0.3) is 0 Å². The lowest BCUT2D eigenvalue weighted by Gasteiger charge is -2.24. The molecule has 4 atom stereocenters. The van der Waals surface area contributed by atoms with Gasteiger partial charge >= 0.3 is 5.97 Å². The molecule has 0 unspecified atom stereocenters. The molecule has 3 N–H and O–H groups in total. The van der Waals surface area contributed by atoms with E-state index in [0.717, 1.165) is 29.8 Å². The lowest BCUT2D eigenvalue weighted by atomic mass is 9.89. The summed E-state index contributed by atoms with van der Waals surface area (Å²) in [6.45, 7) is 0.591. The van der Waals surface area contributed by atoms with Gasteiger partial charge in [-0.05, 0) is 61.9 Å². The Kier molecular flexibility index (Phi) is 7.51. The fraction of sp³-hybridized carbons (Fsp3) is 0.450. The van der Waals surface area contributed by atoms with Gasteiger partial charge in [0, 0.05) is 38.4 Å². The number of nitrogens with one attached hydrogen (secondary N) is 1. The second-order valence-corrected chi connectivity index (χ2v) is 9.75. The second-order valence-electron chi connectivity index (χ2n) is 7.15. The van der Waals surface area contributed by atoms with Crippen LogP contribution in [0.25, 0.3) is 0 Å². The summed E-state index contributed by atoms with van der Waals surface area (Å²) in [5.41, 5.74) is 0.821. The van der Waals surface area contributed by atoms with Crippen LogP contribution in [-0.2, 0) is 6.42 Å². The standard InChI is InChI=1S/C20H22Cl3NO3S/c21-11-6-12(22)8-13(7-11)24-10-16-15(17(23)9-18(16)25)3-1-2-14-4-5-19(28-14)20(26)27/h4-8,15-18,24-25H,1-3,9-10H2,(H,26,27)/t15-,16-,17+,18-/m1/s1. The molecule has 1 heterocycles. The van der Waals surface area contributed by atoms with E-state index in [9.17, 15) is 9.90 Å². The summed E-state index contributed by atoms with van der Waals surface area (Å²) in [4.78, 5) is 12.4. The Hall–Kier alpha value is -0.980. The minimum Gasteiger partial charge on any atom is -0.477 e. The number of alkyl halides is 1. The lowest BCUT2D eigenvalue weighted by molar-refractivity contribution is 0.0702. The van der Waals surface area contributed by atoms with Gasteiger partial charge in [-0.25, -0.2) is 4.79 Å². The number of carbonyl (C=O) groups is 1. The molecular formula is C20H22Cl3NO3S. The first-order chi connectivity index (χ1) is 13.3. The van der Waals surface area contributed by atoms with E-state index in [1.165, 1.54) is 11.3 Å². The predicted molar refractivity (Wildman–Crippen MR) is 116 cm³/mol. The fourth-order valence-electron chi connectivity index (χ4n) is 3.85. The molecular weight excluding hydrogens is 441 g/mol. The van der Waals surface area contributed by atoms with Crippen LogP contribution in [-0.4, -0.2) is 34.2 Å². The van der Waals surface area contributed by atoms with E-state index in [0.29, 0.717) is 27.9 Å². The molecule has 0 radical (unpaired) electrons. The van der Waals surface area contributed by atoms with E-state index < -0.39 is 12.1 Å². The molecule has 1 aliphatic rings. The number of benzene rings is 1. The third kappa shape index (κ3) is 5.55. The maximum atomic E-state index is 11.0. The van der Waals surface area contributed by atoms with Crippen LogP contribution in [0.5, 0.6) is 0 Å². The zero-order valence-electron chi connectivity index (χ0n) is 15.1. The number of aromatic carboxylic acids is 1. The largest absolute Gasteiger partial charge is 0.477 e. The van der Waals surface area contributed by atoms with Gasteiger partial charge in [-0.1, -0.05) is 23.2 Å². The van der Waals surface area contributed by atoms with E-state index in [1.54, 1.807) is 24.3 Å². The van der Waals surface area contributed by atoms with Crippen LogP contribution in [0.4, 0.5) is 5.69 Å². The molecule has 0 amide bonds. The first-order valence-corrected chi connectivity index (χ1v) is 11.2. The number of carboxylic acids is 1. The number of aliphatic hydroxyl groups is 1. The number of hydrogen-bond donors (Lipinski definition) is 3. The average molecular weight is 463 g/mol. The average Bonchev–Trinajstić information content (AvgIpc) is 3.18. The molecule has 0 aliphatic heterocycles. The van der Waals surface area contributed by atoms with Crippen molar-refractivity contribution >= 4 is 57.8 Å². The number of aliphatic hydroxyl groups excluding tert-OH is 1. The first kappa shape index (κ1) is 21.7. The molecule has 1 saturated carbocycles. The third-order valence-electron chi connectivity index (χ3n) is 5.21. The Morgan fingerprint density at radius 1 is 1.18 bits per heavy atom. The highest BCUT2D eigenvalue weighted by Crippen LogP contribution is 2.39. The smallest absolute Gasteiger partial charge is 0.345 e. The topological polar surface area (TPSA) is 69.6 Å². The molecule has 0 saturated heterocycles. The first-order valence-electron chi connectivity index (χ1n) is 9.17. The van der Waals surface area contributed by atoms with Crippen molar-refractivity contribution in [3.63, 3.8) is 0 Å². The monoisotopic (exact) mass is 461 g/mol. The number of rotatable bonds is 8. The van der Waals surface area contributed by atoms with Crippen LogP contribution in [0, 0.1) is 11.8 Å². The van der Waals surface area contributed by atoms with Gasteiger partial charge in [-0.15, -0.1) is 22.9 Å². The predicted octanol–water partition coefficient (Wildman–Crippen LogP) is 5.79. The number of thiophene rings is 1. The molecule has 152 valence electrons. The van der Waals surface area contributed by atoms with E-state index in [4.69, 9.17) is 39.9 Å². The molecule has 8 heteroatoms. The Morgan fingerprint density at radius 2 is 1.89 bits per heavy atom. The lowest BCUT2D eigenvalue weighted by Crippen LogP contribution is -2.28. The highest BCUT2D eigenvalue weighted by molar-refractivity contribution is 7.13. The highest BCUT2D eigenvalue weighted by Gasteiger charge is 2.40. The summed E-state index contributed by atoms with van der Waals surface area (Å²) in [6.07, 6.45) is 2.73. The molecule has 0 bridgehead atoms. The van der Waals surface area contributed by atoms with Crippen molar-refractivity contribution in [3.8, 4) is 0 Å². The number of anilines is 1. The molecule has 2 aromatic rings. The molecule has 1 aromatic heterocycles. The Bertz CT molecular complexity index is 809. The zero-order valence-corrected chi connectivity index (χ0v) is 18.2.